The van der Waals surface area contributed by atoms with Crippen molar-refractivity contribution in [3.63, 3.8) is 0 Å². The quantitative estimate of drug-likeness (QED) is 0.597. The second-order valence-electron chi connectivity index (χ2n) is 10.1. The molecule has 2 N–H and O–H groups in total. The van der Waals surface area contributed by atoms with Crippen molar-refractivity contribution in [3.05, 3.63) is 88.8 Å². The van der Waals surface area contributed by atoms with Gasteiger partial charge in [-0.1, -0.05) is 30.3 Å². The van der Waals surface area contributed by atoms with Crippen LogP contribution in [0.25, 0.3) is 5.57 Å². The Labute approximate surface area is 199 Å². The lowest BCUT2D eigenvalue weighted by Gasteiger charge is -2.36. The van der Waals surface area contributed by atoms with Crippen molar-refractivity contribution >= 4 is 17.1 Å². The highest BCUT2D eigenvalue weighted by atomic mass is 15.2. The molecule has 4 aliphatic rings. The number of aromatic nitrogens is 3. The average Bonchev–Trinajstić information content (AvgIpc) is 3.43. The van der Waals surface area contributed by atoms with E-state index in [0.717, 1.165) is 79.4 Å². The molecule has 2 atom stereocenters. The highest BCUT2D eigenvalue weighted by molar-refractivity contribution is 6.11. The Morgan fingerprint density at radius 1 is 1.03 bits per heavy atom. The van der Waals surface area contributed by atoms with Crippen LogP contribution >= 0.6 is 0 Å². The van der Waals surface area contributed by atoms with Crippen LogP contribution < -0.4 is 10.6 Å². The molecule has 2 unspecified atom stereocenters. The summed E-state index contributed by atoms with van der Waals surface area (Å²) in [6.45, 7) is 1.53. The summed E-state index contributed by atoms with van der Waals surface area (Å²) >= 11 is 0. The lowest BCUT2D eigenvalue weighted by molar-refractivity contribution is 0.224. The number of nitrogens with zero attached hydrogens (tertiary/aromatic N) is 5. The van der Waals surface area contributed by atoms with Gasteiger partial charge in [-0.2, -0.15) is 0 Å². The van der Waals surface area contributed by atoms with E-state index in [9.17, 15) is 0 Å². The number of pyridine rings is 1. The summed E-state index contributed by atoms with van der Waals surface area (Å²) < 4.78 is 0. The van der Waals surface area contributed by atoms with Crippen molar-refractivity contribution in [1.29, 1.82) is 0 Å². The summed E-state index contributed by atoms with van der Waals surface area (Å²) in [5.74, 6) is 0.939. The number of hydrogen-bond acceptors (Lipinski definition) is 6. The van der Waals surface area contributed by atoms with E-state index in [0.29, 0.717) is 6.54 Å². The van der Waals surface area contributed by atoms with Gasteiger partial charge in [0.05, 0.1) is 35.5 Å². The molecule has 0 fully saturated rings. The molecule has 0 amide bonds. The molecule has 1 aromatic carbocycles. The zero-order valence-corrected chi connectivity index (χ0v) is 19.2. The van der Waals surface area contributed by atoms with E-state index in [1.54, 1.807) is 0 Å². The highest BCUT2D eigenvalue weighted by Gasteiger charge is 2.44. The zero-order valence-electron chi connectivity index (χ0n) is 19.2. The van der Waals surface area contributed by atoms with Crippen LogP contribution in [-0.2, 0) is 19.4 Å². The van der Waals surface area contributed by atoms with Crippen LogP contribution in [0.1, 0.15) is 65.6 Å². The third-order valence-electron chi connectivity index (χ3n) is 8.21. The third kappa shape index (κ3) is 2.98. The van der Waals surface area contributed by atoms with Crippen molar-refractivity contribution in [1.82, 2.24) is 15.0 Å². The van der Waals surface area contributed by atoms with Gasteiger partial charge >= 0.3 is 0 Å². The Kier molecular flexibility index (Phi) is 4.46. The first-order valence-electron chi connectivity index (χ1n) is 12.4. The van der Waals surface area contributed by atoms with E-state index >= 15 is 0 Å². The Balaban J connectivity index is 1.14. The molecule has 3 aromatic rings. The number of anilines is 1. The third-order valence-corrected chi connectivity index (χ3v) is 8.21. The lowest BCUT2D eigenvalue weighted by Crippen LogP contribution is -2.36. The number of nitrogens with two attached hydrogens (primary N) is 1. The molecular weight excluding hydrogens is 420 g/mol. The van der Waals surface area contributed by atoms with Gasteiger partial charge in [-0.15, -0.1) is 0 Å². The number of aliphatic imine (C=N–C) groups is 1. The monoisotopic (exact) mass is 448 g/mol. The van der Waals surface area contributed by atoms with Crippen molar-refractivity contribution in [3.8, 4) is 0 Å². The smallest absolute Gasteiger partial charge is 0.156 e. The maximum atomic E-state index is 6.75. The van der Waals surface area contributed by atoms with Gasteiger partial charge in [-0.25, -0.2) is 9.97 Å². The van der Waals surface area contributed by atoms with Crippen molar-refractivity contribution in [2.24, 2.45) is 16.1 Å². The van der Waals surface area contributed by atoms with E-state index in [4.69, 9.17) is 20.7 Å². The van der Waals surface area contributed by atoms with E-state index < -0.39 is 0 Å². The van der Waals surface area contributed by atoms with Crippen LogP contribution in [0.4, 0.5) is 5.69 Å². The van der Waals surface area contributed by atoms with E-state index in [2.05, 4.69) is 46.3 Å². The number of rotatable bonds is 1. The Bertz CT molecular complexity index is 1360. The molecule has 1 spiro atoms. The summed E-state index contributed by atoms with van der Waals surface area (Å²) in [6.07, 6.45) is 12.4. The molecule has 0 saturated carbocycles. The van der Waals surface area contributed by atoms with Crippen molar-refractivity contribution in [2.75, 3.05) is 11.4 Å². The zero-order chi connectivity index (χ0) is 22.7. The maximum Gasteiger partial charge on any atom is 0.156 e. The Hall–Kier alpha value is -3.38. The lowest BCUT2D eigenvalue weighted by atomic mass is 9.70. The molecule has 2 aromatic heterocycles. The van der Waals surface area contributed by atoms with Gasteiger partial charge in [0.1, 0.15) is 5.69 Å². The molecule has 34 heavy (non-hydrogen) atoms. The Morgan fingerprint density at radius 2 is 1.97 bits per heavy atom. The van der Waals surface area contributed by atoms with Gasteiger partial charge in [0, 0.05) is 18.8 Å². The predicted octanol–water partition coefficient (Wildman–Crippen LogP) is 4.39. The minimum absolute atomic E-state index is 0.116. The minimum atomic E-state index is 0.116. The fraction of sp³-hybridized carbons (Fsp3) is 0.357. The molecule has 4 heterocycles. The second-order valence-corrected chi connectivity index (χ2v) is 10.1. The van der Waals surface area contributed by atoms with Gasteiger partial charge < -0.3 is 10.6 Å². The first-order valence-corrected chi connectivity index (χ1v) is 12.4. The normalized spacial score (nSPS) is 25.0. The molecule has 170 valence electrons. The molecule has 2 aliphatic heterocycles. The fourth-order valence-corrected chi connectivity index (χ4v) is 6.34. The summed E-state index contributed by atoms with van der Waals surface area (Å²) in [5, 5.41) is 0. The predicted molar refractivity (Wildman–Crippen MR) is 134 cm³/mol. The van der Waals surface area contributed by atoms with Crippen LogP contribution in [-0.4, -0.2) is 27.3 Å². The van der Waals surface area contributed by atoms with Crippen LogP contribution in [0.2, 0.25) is 0 Å². The maximum absolute atomic E-state index is 6.75. The summed E-state index contributed by atoms with van der Waals surface area (Å²) in [4.78, 5) is 21.6. The van der Waals surface area contributed by atoms with Crippen molar-refractivity contribution < 1.29 is 0 Å². The number of aryl methyl sites for hydroxylation is 1. The fourth-order valence-electron chi connectivity index (χ4n) is 6.34. The molecule has 0 bridgehead atoms. The van der Waals surface area contributed by atoms with Gasteiger partial charge in [0.25, 0.3) is 0 Å². The van der Waals surface area contributed by atoms with Crippen LogP contribution in [0.5, 0.6) is 0 Å². The largest absolute Gasteiger partial charge is 0.323 e. The van der Waals surface area contributed by atoms with Gasteiger partial charge in [0.2, 0.25) is 0 Å². The summed E-state index contributed by atoms with van der Waals surface area (Å²) in [6, 6.07) is 12.9. The summed E-state index contributed by atoms with van der Waals surface area (Å²) in [5.41, 5.74) is 16.1. The molecule has 0 saturated heterocycles. The van der Waals surface area contributed by atoms with Gasteiger partial charge in [0.15, 0.2) is 5.84 Å². The van der Waals surface area contributed by atoms with Crippen LogP contribution in [0.3, 0.4) is 0 Å². The number of fused-ring (bicyclic) bond motifs is 3. The summed E-state index contributed by atoms with van der Waals surface area (Å²) in [7, 11) is 0. The topological polar surface area (TPSA) is 80.3 Å². The minimum Gasteiger partial charge on any atom is -0.323 e. The Morgan fingerprint density at radius 3 is 2.85 bits per heavy atom. The average molecular weight is 449 g/mol. The number of benzene rings is 1. The number of allylic oxidation sites excluding steroid dienone is 2. The molecular formula is C28H28N6. The van der Waals surface area contributed by atoms with Crippen molar-refractivity contribution in [2.45, 2.75) is 51.1 Å². The van der Waals surface area contributed by atoms with E-state index in [1.165, 1.54) is 16.7 Å². The molecule has 7 rings (SSSR count). The van der Waals surface area contributed by atoms with Gasteiger partial charge in [-0.05, 0) is 72.8 Å². The first-order chi connectivity index (χ1) is 16.7. The van der Waals surface area contributed by atoms with Gasteiger partial charge in [-0.3, -0.25) is 9.98 Å². The standard InChI is InChI=1S/C28H28N6/c29-26-20-6-2-1-5-19(20)15-28(26)11-9-18(10-12-28)22-16-31-25-23(33-22)17-32-27(25)34-14-4-7-21-24(34)8-3-13-30-21/h1-3,5-6,8-9,13,16,26H,4,7,10-12,14-15,17,29H2. The first kappa shape index (κ1) is 20.0. The molecule has 6 nitrogen and oxygen atoms in total. The molecule has 2 aliphatic carbocycles. The van der Waals surface area contributed by atoms with Crippen LogP contribution in [0, 0.1) is 5.41 Å². The van der Waals surface area contributed by atoms with E-state index in [-0.39, 0.29) is 11.5 Å². The number of hydrogen-bond donors (Lipinski definition) is 1. The van der Waals surface area contributed by atoms with Crippen LogP contribution in [0.15, 0.2) is 59.9 Å². The second kappa shape index (κ2) is 7.57. The number of amidine groups is 1. The molecule has 6 heteroatoms. The SMILES string of the molecule is NC1c2ccccc2CC12CC=C(c1cnc3c(n1)CN=C3N1CCCc3ncccc31)CC2. The molecule has 0 radical (unpaired) electrons. The van der Waals surface area contributed by atoms with E-state index in [1.807, 2.05) is 18.5 Å². The highest BCUT2D eigenvalue weighted by Crippen LogP contribution is 2.53.